The highest BCUT2D eigenvalue weighted by atomic mass is 79.9. The number of ether oxygens (including phenoxy) is 2. The maximum atomic E-state index is 12.4. The molecule has 0 amide bonds. The summed E-state index contributed by atoms with van der Waals surface area (Å²) in [6, 6.07) is 8.47. The molecule has 0 aromatic heterocycles. The van der Waals surface area contributed by atoms with Crippen molar-refractivity contribution in [2.75, 3.05) is 13.2 Å². The minimum absolute atomic E-state index is 0.184. The van der Waals surface area contributed by atoms with Gasteiger partial charge < -0.3 is 9.47 Å². The van der Waals surface area contributed by atoms with Crippen molar-refractivity contribution >= 4 is 21.9 Å². The molecule has 0 N–H and O–H groups in total. The molecule has 24 heavy (non-hydrogen) atoms. The number of esters is 1. The van der Waals surface area contributed by atoms with Gasteiger partial charge in [0.2, 0.25) is 0 Å². The molecule has 1 atom stereocenters. The standard InChI is InChI=1S/C20H31BrO3/c1-19(2,3)17(18(22)24-20(4,5)6)14-23-12-11-15-7-9-16(13-21)10-8-15/h7-10,17H,11-14H2,1-6H3. The van der Waals surface area contributed by atoms with Crippen LogP contribution in [0.1, 0.15) is 52.7 Å². The van der Waals surface area contributed by atoms with Crippen LogP contribution in [0.4, 0.5) is 0 Å². The van der Waals surface area contributed by atoms with Crippen molar-refractivity contribution < 1.29 is 14.3 Å². The van der Waals surface area contributed by atoms with Gasteiger partial charge in [-0.1, -0.05) is 61.0 Å². The summed E-state index contributed by atoms with van der Waals surface area (Å²) in [6.07, 6.45) is 0.841. The first-order chi connectivity index (χ1) is 11.0. The lowest BCUT2D eigenvalue weighted by atomic mass is 9.81. The number of rotatable bonds is 7. The van der Waals surface area contributed by atoms with Crippen LogP contribution in [0.25, 0.3) is 0 Å². The zero-order valence-electron chi connectivity index (χ0n) is 15.8. The molecular formula is C20H31BrO3. The summed E-state index contributed by atoms with van der Waals surface area (Å²) in [4.78, 5) is 12.4. The second-order valence-corrected chi connectivity index (χ2v) is 8.79. The number of benzene rings is 1. The van der Waals surface area contributed by atoms with Gasteiger partial charge in [0.15, 0.2) is 0 Å². The third-order valence-corrected chi connectivity index (χ3v) is 4.38. The molecule has 0 heterocycles. The van der Waals surface area contributed by atoms with Crippen LogP contribution in [-0.4, -0.2) is 24.8 Å². The summed E-state index contributed by atoms with van der Waals surface area (Å²) in [6.45, 7) is 12.8. The summed E-state index contributed by atoms with van der Waals surface area (Å²) in [5.74, 6) is -0.454. The highest BCUT2D eigenvalue weighted by Crippen LogP contribution is 2.29. The smallest absolute Gasteiger partial charge is 0.312 e. The molecule has 0 aliphatic carbocycles. The van der Waals surface area contributed by atoms with E-state index in [0.29, 0.717) is 13.2 Å². The van der Waals surface area contributed by atoms with Gasteiger partial charge in [0, 0.05) is 5.33 Å². The van der Waals surface area contributed by atoms with Gasteiger partial charge in [0.25, 0.3) is 0 Å². The Morgan fingerprint density at radius 2 is 1.58 bits per heavy atom. The molecular weight excluding hydrogens is 368 g/mol. The molecule has 0 bridgehead atoms. The predicted molar refractivity (Wildman–Crippen MR) is 102 cm³/mol. The van der Waals surface area contributed by atoms with Gasteiger partial charge in [-0.15, -0.1) is 0 Å². The van der Waals surface area contributed by atoms with Gasteiger partial charge in [-0.25, -0.2) is 0 Å². The maximum Gasteiger partial charge on any atom is 0.312 e. The Bertz CT molecular complexity index is 509. The van der Waals surface area contributed by atoms with E-state index in [4.69, 9.17) is 9.47 Å². The molecule has 0 fully saturated rings. The van der Waals surface area contributed by atoms with E-state index in [-0.39, 0.29) is 17.3 Å². The van der Waals surface area contributed by atoms with E-state index < -0.39 is 5.60 Å². The molecule has 1 rings (SSSR count). The largest absolute Gasteiger partial charge is 0.460 e. The lowest BCUT2D eigenvalue weighted by Gasteiger charge is -2.31. The van der Waals surface area contributed by atoms with Crippen LogP contribution in [0.2, 0.25) is 0 Å². The number of carbonyl (C=O) groups excluding carboxylic acids is 1. The van der Waals surface area contributed by atoms with Gasteiger partial charge in [0.1, 0.15) is 5.60 Å². The first kappa shape index (κ1) is 21.2. The monoisotopic (exact) mass is 398 g/mol. The molecule has 0 aliphatic heterocycles. The highest BCUT2D eigenvalue weighted by molar-refractivity contribution is 9.08. The van der Waals surface area contributed by atoms with Gasteiger partial charge in [-0.05, 0) is 43.7 Å². The lowest BCUT2D eigenvalue weighted by Crippen LogP contribution is -2.38. The molecule has 3 nitrogen and oxygen atoms in total. The molecule has 0 saturated carbocycles. The van der Waals surface area contributed by atoms with Crippen LogP contribution in [0, 0.1) is 11.3 Å². The summed E-state index contributed by atoms with van der Waals surface area (Å²) in [5.41, 5.74) is 1.83. The van der Waals surface area contributed by atoms with Crippen LogP contribution >= 0.6 is 15.9 Å². The van der Waals surface area contributed by atoms with Crippen LogP contribution in [0.5, 0.6) is 0 Å². The molecule has 1 aromatic carbocycles. The fraction of sp³-hybridized carbons (Fsp3) is 0.650. The summed E-state index contributed by atoms with van der Waals surface area (Å²) in [7, 11) is 0. The van der Waals surface area contributed by atoms with E-state index in [0.717, 1.165) is 11.8 Å². The van der Waals surface area contributed by atoms with Crippen LogP contribution < -0.4 is 0 Å². The number of hydrogen-bond acceptors (Lipinski definition) is 3. The van der Waals surface area contributed by atoms with Crippen LogP contribution in [0.15, 0.2) is 24.3 Å². The maximum absolute atomic E-state index is 12.4. The Kier molecular flexibility index (Phi) is 7.94. The first-order valence-electron chi connectivity index (χ1n) is 8.47. The third kappa shape index (κ3) is 7.80. The van der Waals surface area contributed by atoms with Crippen LogP contribution in [0.3, 0.4) is 0 Å². The summed E-state index contributed by atoms with van der Waals surface area (Å²) in [5, 5.41) is 0.868. The third-order valence-electron chi connectivity index (χ3n) is 3.73. The topological polar surface area (TPSA) is 35.5 Å². The molecule has 0 saturated heterocycles. The number of hydrogen-bond donors (Lipinski definition) is 0. The van der Waals surface area contributed by atoms with E-state index in [9.17, 15) is 4.79 Å². The summed E-state index contributed by atoms with van der Waals surface area (Å²) < 4.78 is 11.4. The van der Waals surface area contributed by atoms with Crippen molar-refractivity contribution in [1.82, 2.24) is 0 Å². The Morgan fingerprint density at radius 1 is 1.04 bits per heavy atom. The van der Waals surface area contributed by atoms with Crippen molar-refractivity contribution in [3.63, 3.8) is 0 Å². The normalized spacial score (nSPS) is 13.6. The van der Waals surface area contributed by atoms with E-state index in [1.165, 1.54) is 11.1 Å². The summed E-state index contributed by atoms with van der Waals surface area (Å²) >= 11 is 3.45. The molecule has 0 radical (unpaired) electrons. The fourth-order valence-electron chi connectivity index (χ4n) is 2.23. The SMILES string of the molecule is CC(C)(C)OC(=O)C(COCCc1ccc(CBr)cc1)C(C)(C)C. The van der Waals surface area contributed by atoms with Crippen LogP contribution in [-0.2, 0) is 26.0 Å². The van der Waals surface area contributed by atoms with Crippen molar-refractivity contribution in [2.24, 2.45) is 11.3 Å². The zero-order valence-corrected chi connectivity index (χ0v) is 17.4. The minimum Gasteiger partial charge on any atom is -0.460 e. The molecule has 0 spiro atoms. The second kappa shape index (κ2) is 9.00. The van der Waals surface area contributed by atoms with Crippen molar-refractivity contribution in [2.45, 2.75) is 58.9 Å². The Morgan fingerprint density at radius 3 is 2.04 bits per heavy atom. The molecule has 1 aromatic rings. The van der Waals surface area contributed by atoms with Gasteiger partial charge in [-0.2, -0.15) is 0 Å². The Hall–Kier alpha value is -0.870. The first-order valence-corrected chi connectivity index (χ1v) is 9.59. The van der Waals surface area contributed by atoms with E-state index in [1.54, 1.807) is 0 Å². The van der Waals surface area contributed by atoms with Crippen molar-refractivity contribution in [3.05, 3.63) is 35.4 Å². The van der Waals surface area contributed by atoms with Gasteiger partial charge in [0.05, 0.1) is 19.1 Å². The zero-order chi connectivity index (χ0) is 18.4. The predicted octanol–water partition coefficient (Wildman–Crippen LogP) is 5.14. The number of carbonyl (C=O) groups is 1. The molecule has 136 valence electrons. The Labute approximate surface area is 155 Å². The van der Waals surface area contributed by atoms with Gasteiger partial charge >= 0.3 is 5.97 Å². The lowest BCUT2D eigenvalue weighted by molar-refractivity contribution is -0.166. The minimum atomic E-state index is -0.474. The molecule has 4 heteroatoms. The number of halogens is 1. The van der Waals surface area contributed by atoms with Crippen molar-refractivity contribution in [1.29, 1.82) is 0 Å². The van der Waals surface area contributed by atoms with E-state index in [2.05, 4.69) is 40.2 Å². The van der Waals surface area contributed by atoms with Gasteiger partial charge in [-0.3, -0.25) is 4.79 Å². The molecule has 0 aliphatic rings. The fourth-order valence-corrected chi connectivity index (χ4v) is 2.60. The average molecular weight is 399 g/mol. The Balaban J connectivity index is 2.51. The highest BCUT2D eigenvalue weighted by Gasteiger charge is 2.34. The quantitative estimate of drug-likeness (QED) is 0.362. The second-order valence-electron chi connectivity index (χ2n) is 8.23. The number of alkyl halides is 1. The molecule has 1 unspecified atom stereocenters. The van der Waals surface area contributed by atoms with E-state index >= 15 is 0 Å². The average Bonchev–Trinajstić information content (AvgIpc) is 2.44. The van der Waals surface area contributed by atoms with E-state index in [1.807, 2.05) is 41.5 Å². The van der Waals surface area contributed by atoms with Crippen molar-refractivity contribution in [3.8, 4) is 0 Å².